The van der Waals surface area contributed by atoms with Crippen LogP contribution in [0.15, 0.2) is 134 Å². The summed E-state index contributed by atoms with van der Waals surface area (Å²) in [6.45, 7) is 2.69. The Morgan fingerprint density at radius 1 is 0.389 bits per heavy atom. The molecular weight excluding hydrogens is 1190 g/mol. The van der Waals surface area contributed by atoms with Gasteiger partial charge < -0.3 is 65.1 Å². The Morgan fingerprint density at radius 2 is 0.726 bits per heavy atom. The second-order valence-electron chi connectivity index (χ2n) is 26.0. The summed E-state index contributed by atoms with van der Waals surface area (Å²) in [6.07, 6.45) is 77.9. The van der Waals surface area contributed by atoms with Crippen molar-refractivity contribution in [3.63, 3.8) is 0 Å². The predicted octanol–water partition coefficient (Wildman–Crippen LogP) is 16.6. The average molecular weight is 1330 g/mol. The lowest BCUT2D eigenvalue weighted by molar-refractivity contribution is -0.359. The highest BCUT2D eigenvalue weighted by Crippen LogP contribution is 2.30. The van der Waals surface area contributed by atoms with Crippen LogP contribution in [-0.2, 0) is 23.7 Å². The standard InChI is InChI=1S/C81H137NO13/c1-3-5-7-9-11-13-15-17-19-21-23-25-27-29-31-32-33-34-35-36-37-38-39-41-43-45-47-49-51-53-55-57-59-61-63-65-73(86)82-69(68-92-80-78(91)76(89)79(72(67-84)94-80)95-81-77(90)75(88)74(87)71(66-83)93-81)70(85)64-62-60-58-56-54-52-50-48-46-44-42-40-30-28-26-24-22-20-18-16-14-12-10-8-6-4-2/h5,7,11,13,17,19,23,25,29,31,33-34,36-37,39,41,45,47,51,53,62,64,69-72,74-81,83-85,87-91H,3-4,6,8-10,12,14-16,18,20-22,24,26-28,30,32,35,38,40,42-44,46,48-50,52,54-61,63,65-68H2,1-2H3,(H,82,86)/b7-5-,13-11-,19-17-,25-23-,31-29-,34-33-,37-36-,41-39-,47-45-,53-51-,64-62+. The molecule has 9 N–H and O–H groups in total. The maximum atomic E-state index is 13.4. The molecule has 14 heteroatoms. The van der Waals surface area contributed by atoms with E-state index in [1.807, 2.05) is 6.08 Å². The Bertz CT molecular complexity index is 2110. The lowest BCUT2D eigenvalue weighted by atomic mass is 9.97. The topological polar surface area (TPSA) is 228 Å². The van der Waals surface area contributed by atoms with E-state index in [0.717, 1.165) is 109 Å². The Kier molecular flexibility index (Phi) is 58.4. The molecule has 0 saturated carbocycles. The van der Waals surface area contributed by atoms with Gasteiger partial charge in [0, 0.05) is 6.42 Å². The van der Waals surface area contributed by atoms with Crippen molar-refractivity contribution < 1.29 is 64.6 Å². The lowest BCUT2D eigenvalue weighted by Gasteiger charge is -2.46. The number of aliphatic hydroxyl groups is 8. The van der Waals surface area contributed by atoms with Gasteiger partial charge in [0.05, 0.1) is 32.0 Å². The maximum Gasteiger partial charge on any atom is 0.220 e. The number of nitrogens with one attached hydrogen (secondary N) is 1. The molecule has 544 valence electrons. The summed E-state index contributed by atoms with van der Waals surface area (Å²) in [4.78, 5) is 13.4. The number of unbranched alkanes of at least 4 members (excludes halogenated alkanes) is 28. The molecule has 0 aromatic carbocycles. The molecule has 2 aliphatic rings. The summed E-state index contributed by atoms with van der Waals surface area (Å²) in [7, 11) is 0. The monoisotopic (exact) mass is 1330 g/mol. The van der Waals surface area contributed by atoms with Gasteiger partial charge in [-0.05, 0) is 96.3 Å². The molecule has 14 nitrogen and oxygen atoms in total. The average Bonchev–Trinajstić information content (AvgIpc) is 0.800. The minimum Gasteiger partial charge on any atom is -0.394 e. The Balaban J connectivity index is 1.69. The lowest BCUT2D eigenvalue weighted by Crippen LogP contribution is -2.65. The molecule has 12 atom stereocenters. The van der Waals surface area contributed by atoms with Crippen molar-refractivity contribution in [2.45, 2.75) is 351 Å². The van der Waals surface area contributed by atoms with Crippen LogP contribution in [0, 0.1) is 0 Å². The molecule has 2 rings (SSSR count). The Morgan fingerprint density at radius 3 is 1.12 bits per heavy atom. The second-order valence-corrected chi connectivity index (χ2v) is 26.0. The molecule has 0 aliphatic carbocycles. The summed E-state index contributed by atoms with van der Waals surface area (Å²) in [5.74, 6) is -0.266. The third kappa shape index (κ3) is 46.9. The van der Waals surface area contributed by atoms with Gasteiger partial charge in [0.25, 0.3) is 0 Å². The van der Waals surface area contributed by atoms with E-state index in [1.54, 1.807) is 6.08 Å². The fraction of sp³-hybridized carbons (Fsp3) is 0.716. The van der Waals surface area contributed by atoms with Crippen LogP contribution in [0.4, 0.5) is 0 Å². The number of amides is 1. The van der Waals surface area contributed by atoms with Gasteiger partial charge in [-0.25, -0.2) is 0 Å². The van der Waals surface area contributed by atoms with Gasteiger partial charge in [0.15, 0.2) is 12.6 Å². The summed E-state index contributed by atoms with van der Waals surface area (Å²) < 4.78 is 22.9. The number of ether oxygens (including phenoxy) is 4. The highest BCUT2D eigenvalue weighted by Gasteiger charge is 2.51. The van der Waals surface area contributed by atoms with E-state index in [0.29, 0.717) is 6.42 Å². The van der Waals surface area contributed by atoms with Crippen LogP contribution < -0.4 is 5.32 Å². The van der Waals surface area contributed by atoms with E-state index in [4.69, 9.17) is 18.9 Å². The molecule has 2 saturated heterocycles. The molecule has 0 bridgehead atoms. The van der Waals surface area contributed by atoms with Crippen molar-refractivity contribution in [1.82, 2.24) is 5.32 Å². The zero-order valence-electron chi connectivity index (χ0n) is 59.4. The molecular formula is C81H137NO13. The van der Waals surface area contributed by atoms with Crippen LogP contribution in [0.1, 0.15) is 277 Å². The van der Waals surface area contributed by atoms with E-state index in [-0.39, 0.29) is 18.9 Å². The molecule has 0 aromatic rings. The largest absolute Gasteiger partial charge is 0.394 e. The van der Waals surface area contributed by atoms with Crippen LogP contribution in [0.5, 0.6) is 0 Å². The van der Waals surface area contributed by atoms with Crippen molar-refractivity contribution >= 4 is 5.91 Å². The van der Waals surface area contributed by atoms with Crippen molar-refractivity contribution in [3.05, 3.63) is 134 Å². The van der Waals surface area contributed by atoms with Gasteiger partial charge in [-0.2, -0.15) is 0 Å². The van der Waals surface area contributed by atoms with Gasteiger partial charge in [-0.15, -0.1) is 0 Å². The minimum absolute atomic E-state index is 0.243. The number of aliphatic hydroxyl groups excluding tert-OH is 8. The van der Waals surface area contributed by atoms with E-state index in [9.17, 15) is 45.6 Å². The van der Waals surface area contributed by atoms with Crippen LogP contribution >= 0.6 is 0 Å². The first-order chi connectivity index (χ1) is 46.6. The highest BCUT2D eigenvalue weighted by molar-refractivity contribution is 5.76. The molecule has 0 radical (unpaired) electrons. The fourth-order valence-corrected chi connectivity index (χ4v) is 11.6. The number of hydrogen-bond donors (Lipinski definition) is 9. The summed E-state index contributed by atoms with van der Waals surface area (Å²) >= 11 is 0. The van der Waals surface area contributed by atoms with Crippen LogP contribution in [0.25, 0.3) is 0 Å². The first-order valence-electron chi connectivity index (χ1n) is 37.9. The van der Waals surface area contributed by atoms with Gasteiger partial charge in [-0.3, -0.25) is 4.79 Å². The van der Waals surface area contributed by atoms with E-state index < -0.39 is 86.8 Å². The smallest absolute Gasteiger partial charge is 0.220 e. The second kappa shape index (κ2) is 63.6. The first kappa shape index (κ1) is 87.2. The molecule has 12 unspecified atom stereocenters. The molecule has 0 aromatic heterocycles. The van der Waals surface area contributed by atoms with E-state index in [2.05, 4.69) is 141 Å². The van der Waals surface area contributed by atoms with Gasteiger partial charge in [-0.1, -0.05) is 308 Å². The highest BCUT2D eigenvalue weighted by atomic mass is 16.7. The molecule has 95 heavy (non-hydrogen) atoms. The van der Waals surface area contributed by atoms with Crippen LogP contribution in [0.2, 0.25) is 0 Å². The van der Waals surface area contributed by atoms with Crippen molar-refractivity contribution in [3.8, 4) is 0 Å². The van der Waals surface area contributed by atoms with E-state index >= 15 is 0 Å². The Hall–Kier alpha value is -3.87. The number of allylic oxidation sites excluding steroid dienone is 21. The number of rotatable bonds is 61. The van der Waals surface area contributed by atoms with Gasteiger partial charge >= 0.3 is 0 Å². The Labute approximate surface area is 577 Å². The van der Waals surface area contributed by atoms with Crippen molar-refractivity contribution in [2.75, 3.05) is 19.8 Å². The zero-order chi connectivity index (χ0) is 68.7. The minimum atomic E-state index is -1.80. The quantitative estimate of drug-likeness (QED) is 0.0204. The number of carbonyl (C=O) groups is 1. The first-order valence-corrected chi connectivity index (χ1v) is 37.9. The molecule has 2 fully saturated rings. The molecule has 2 aliphatic heterocycles. The number of carbonyl (C=O) groups excluding carboxylic acids is 1. The fourth-order valence-electron chi connectivity index (χ4n) is 11.6. The maximum absolute atomic E-state index is 13.4. The van der Waals surface area contributed by atoms with Crippen molar-refractivity contribution in [2.24, 2.45) is 0 Å². The SMILES string of the molecule is CC/C=C\C/C=C\C/C=C\C/C=C\C/C=C\C/C=C\C/C=C\C/C=C\C/C=C\C/C=C\CCCCCCC(=O)NC(COC1OC(CO)C(OC2OC(CO)C(O)C(O)C2O)C(O)C1O)C(O)/C=C/CCCCCCCCCCCCCCCCCCCCCCCCCC. The third-order valence-corrected chi connectivity index (χ3v) is 17.6. The summed E-state index contributed by atoms with van der Waals surface area (Å²) in [6, 6.07) is -0.941. The van der Waals surface area contributed by atoms with Gasteiger partial charge in [0.1, 0.15) is 48.8 Å². The van der Waals surface area contributed by atoms with Crippen molar-refractivity contribution in [1.29, 1.82) is 0 Å². The summed E-state index contributed by atoms with van der Waals surface area (Å²) in [5.41, 5.74) is 0. The number of hydrogen-bond acceptors (Lipinski definition) is 13. The molecule has 1 amide bonds. The predicted molar refractivity (Wildman–Crippen MR) is 391 cm³/mol. The van der Waals surface area contributed by atoms with Crippen LogP contribution in [-0.4, -0.2) is 140 Å². The van der Waals surface area contributed by atoms with Crippen LogP contribution in [0.3, 0.4) is 0 Å². The third-order valence-electron chi connectivity index (χ3n) is 17.6. The summed E-state index contributed by atoms with van der Waals surface area (Å²) in [5, 5.41) is 87.6. The normalized spacial score (nSPS) is 23.1. The van der Waals surface area contributed by atoms with E-state index in [1.165, 1.54) is 141 Å². The molecule has 2 heterocycles. The van der Waals surface area contributed by atoms with Gasteiger partial charge in [0.2, 0.25) is 5.91 Å². The zero-order valence-corrected chi connectivity index (χ0v) is 59.4. The molecule has 0 spiro atoms.